The topological polar surface area (TPSA) is 62.2 Å². The number of H-pyrrole nitrogens is 1. The summed E-state index contributed by atoms with van der Waals surface area (Å²) in [5, 5.41) is 12.4. The van der Waals surface area contributed by atoms with Crippen LogP contribution in [0.1, 0.15) is 17.5 Å². The molecule has 0 spiro atoms. The van der Waals surface area contributed by atoms with Crippen molar-refractivity contribution in [2.75, 3.05) is 13.1 Å². The molecule has 4 rings (SSSR count). The first-order chi connectivity index (χ1) is 12.2. The molecule has 0 amide bonds. The number of aromatic nitrogens is 1. The normalized spacial score (nSPS) is 15.3. The van der Waals surface area contributed by atoms with Crippen LogP contribution in [0.4, 0.5) is 5.69 Å². The van der Waals surface area contributed by atoms with Gasteiger partial charge in [-0.2, -0.15) is 0 Å². The second-order valence-corrected chi connectivity index (χ2v) is 6.35. The predicted octanol–water partition coefficient (Wildman–Crippen LogP) is 4.37. The summed E-state index contributed by atoms with van der Waals surface area (Å²) in [7, 11) is 0. The number of nitro benzene ring substituents is 1. The number of aromatic amines is 1. The third-order valence-electron chi connectivity index (χ3n) is 4.81. The third-order valence-corrected chi connectivity index (χ3v) is 4.81. The summed E-state index contributed by atoms with van der Waals surface area (Å²) in [6.45, 7) is 2.31. The Balaban J connectivity index is 1.52. The lowest BCUT2D eigenvalue weighted by Crippen LogP contribution is -2.28. The molecule has 0 bridgehead atoms. The molecule has 1 aliphatic rings. The molecule has 5 nitrogen and oxygen atoms in total. The molecule has 1 aliphatic heterocycles. The molecule has 1 aromatic heterocycles. The molecule has 0 aliphatic carbocycles. The van der Waals surface area contributed by atoms with Crippen LogP contribution in [0, 0.1) is 10.1 Å². The number of hydrogen-bond acceptors (Lipinski definition) is 3. The quantitative estimate of drug-likeness (QED) is 0.570. The van der Waals surface area contributed by atoms with E-state index in [-0.39, 0.29) is 10.6 Å². The van der Waals surface area contributed by atoms with Crippen LogP contribution < -0.4 is 0 Å². The van der Waals surface area contributed by atoms with Gasteiger partial charge >= 0.3 is 0 Å². The standard InChI is InChI=1S/C20H19N3O2/c24-23(25)20-8-4-1-5-16(20)14-22-11-9-15(10-12-22)18-13-21-19-7-3-2-6-17(18)19/h1-9,13,21H,10-12,14H2. The van der Waals surface area contributed by atoms with Crippen LogP contribution in [0.5, 0.6) is 0 Å². The molecule has 0 atom stereocenters. The van der Waals surface area contributed by atoms with Crippen LogP contribution >= 0.6 is 0 Å². The predicted molar refractivity (Wildman–Crippen MR) is 99.3 cm³/mol. The summed E-state index contributed by atoms with van der Waals surface area (Å²) in [5.41, 5.74) is 4.74. The van der Waals surface area contributed by atoms with Crippen molar-refractivity contribution in [3.8, 4) is 0 Å². The molecular formula is C20H19N3O2. The highest BCUT2D eigenvalue weighted by molar-refractivity contribution is 5.92. The SMILES string of the molecule is O=[N+]([O-])c1ccccc1CN1CC=C(c2c[nH]c3ccccc23)CC1. The Bertz CT molecular complexity index is 958. The lowest BCUT2D eigenvalue weighted by atomic mass is 9.98. The number of nitro groups is 1. The first-order valence-corrected chi connectivity index (χ1v) is 8.42. The van der Waals surface area contributed by atoms with Crippen LogP contribution in [0.3, 0.4) is 0 Å². The van der Waals surface area contributed by atoms with Gasteiger partial charge in [-0.15, -0.1) is 0 Å². The first-order valence-electron chi connectivity index (χ1n) is 8.42. The van der Waals surface area contributed by atoms with Crippen LogP contribution in [0.2, 0.25) is 0 Å². The monoisotopic (exact) mass is 333 g/mol. The molecular weight excluding hydrogens is 314 g/mol. The Hall–Kier alpha value is -2.92. The summed E-state index contributed by atoms with van der Waals surface area (Å²) in [5.74, 6) is 0. The molecule has 3 aromatic rings. The number of nitrogens with one attached hydrogen (secondary N) is 1. The van der Waals surface area contributed by atoms with Gasteiger partial charge in [-0.25, -0.2) is 0 Å². The summed E-state index contributed by atoms with van der Waals surface area (Å²) in [4.78, 5) is 16.4. The molecule has 0 saturated heterocycles. The Morgan fingerprint density at radius 2 is 1.92 bits per heavy atom. The number of rotatable bonds is 4. The van der Waals surface area contributed by atoms with Gasteiger partial charge in [-0.3, -0.25) is 15.0 Å². The maximum absolute atomic E-state index is 11.2. The van der Waals surface area contributed by atoms with Crippen molar-refractivity contribution < 1.29 is 4.92 Å². The minimum atomic E-state index is -0.299. The minimum Gasteiger partial charge on any atom is -0.361 e. The molecule has 126 valence electrons. The van der Waals surface area contributed by atoms with Gasteiger partial charge < -0.3 is 4.98 Å². The molecule has 0 fully saturated rings. The highest BCUT2D eigenvalue weighted by Crippen LogP contribution is 2.30. The number of nitrogens with zero attached hydrogens (tertiary/aromatic N) is 2. The highest BCUT2D eigenvalue weighted by Gasteiger charge is 2.19. The Morgan fingerprint density at radius 1 is 1.12 bits per heavy atom. The highest BCUT2D eigenvalue weighted by atomic mass is 16.6. The van der Waals surface area contributed by atoms with Gasteiger partial charge in [0.2, 0.25) is 0 Å². The summed E-state index contributed by atoms with van der Waals surface area (Å²) in [6, 6.07) is 15.3. The van der Waals surface area contributed by atoms with Gasteiger partial charge in [-0.1, -0.05) is 42.5 Å². The summed E-state index contributed by atoms with van der Waals surface area (Å²) < 4.78 is 0. The van der Waals surface area contributed by atoms with E-state index in [1.165, 1.54) is 16.5 Å². The molecule has 2 aromatic carbocycles. The van der Waals surface area contributed by atoms with Crippen molar-refractivity contribution in [1.29, 1.82) is 0 Å². The summed E-state index contributed by atoms with van der Waals surface area (Å²) in [6.07, 6.45) is 5.27. The molecule has 25 heavy (non-hydrogen) atoms. The average Bonchev–Trinajstić information content (AvgIpc) is 3.07. The van der Waals surface area contributed by atoms with E-state index in [0.717, 1.165) is 30.6 Å². The molecule has 1 N–H and O–H groups in total. The fourth-order valence-electron chi connectivity index (χ4n) is 3.50. The lowest BCUT2D eigenvalue weighted by Gasteiger charge is -2.26. The van der Waals surface area contributed by atoms with E-state index in [4.69, 9.17) is 0 Å². The van der Waals surface area contributed by atoms with E-state index < -0.39 is 0 Å². The second-order valence-electron chi connectivity index (χ2n) is 6.35. The van der Waals surface area contributed by atoms with E-state index in [9.17, 15) is 10.1 Å². The van der Waals surface area contributed by atoms with Crippen molar-refractivity contribution >= 4 is 22.2 Å². The van der Waals surface area contributed by atoms with Gasteiger partial charge in [0.25, 0.3) is 5.69 Å². The maximum atomic E-state index is 11.2. The van der Waals surface area contributed by atoms with E-state index in [1.54, 1.807) is 12.1 Å². The fraction of sp³-hybridized carbons (Fsp3) is 0.200. The Kier molecular flexibility index (Phi) is 4.07. The molecule has 5 heteroatoms. The third kappa shape index (κ3) is 3.06. The van der Waals surface area contributed by atoms with E-state index in [1.807, 2.05) is 18.2 Å². The minimum absolute atomic E-state index is 0.203. The zero-order valence-corrected chi connectivity index (χ0v) is 13.8. The molecule has 0 unspecified atom stereocenters. The smallest absolute Gasteiger partial charge is 0.273 e. The van der Waals surface area contributed by atoms with Crippen molar-refractivity contribution in [2.45, 2.75) is 13.0 Å². The van der Waals surface area contributed by atoms with Crippen LogP contribution in [0.25, 0.3) is 16.5 Å². The van der Waals surface area contributed by atoms with E-state index in [0.29, 0.717) is 6.54 Å². The first kappa shape index (κ1) is 15.6. The molecule has 2 heterocycles. The molecule has 0 saturated carbocycles. The summed E-state index contributed by atoms with van der Waals surface area (Å²) >= 11 is 0. The average molecular weight is 333 g/mol. The van der Waals surface area contributed by atoms with E-state index >= 15 is 0 Å². The van der Waals surface area contributed by atoms with Crippen molar-refractivity contribution in [2.24, 2.45) is 0 Å². The number of fused-ring (bicyclic) bond motifs is 1. The van der Waals surface area contributed by atoms with Gasteiger partial charge in [0, 0.05) is 53.9 Å². The van der Waals surface area contributed by atoms with Crippen molar-refractivity contribution in [3.63, 3.8) is 0 Å². The largest absolute Gasteiger partial charge is 0.361 e. The fourth-order valence-corrected chi connectivity index (χ4v) is 3.50. The van der Waals surface area contributed by atoms with Gasteiger partial charge in [-0.05, 0) is 18.1 Å². The van der Waals surface area contributed by atoms with Gasteiger partial charge in [0.15, 0.2) is 0 Å². The van der Waals surface area contributed by atoms with Crippen molar-refractivity contribution in [3.05, 3.63) is 82.0 Å². The van der Waals surface area contributed by atoms with Crippen LogP contribution in [-0.4, -0.2) is 27.9 Å². The maximum Gasteiger partial charge on any atom is 0.273 e. The number of para-hydroxylation sites is 2. The van der Waals surface area contributed by atoms with Gasteiger partial charge in [0.05, 0.1) is 4.92 Å². The van der Waals surface area contributed by atoms with Gasteiger partial charge in [0.1, 0.15) is 0 Å². The molecule has 0 radical (unpaired) electrons. The number of hydrogen-bond donors (Lipinski definition) is 1. The van der Waals surface area contributed by atoms with Crippen LogP contribution in [0.15, 0.2) is 60.8 Å². The zero-order chi connectivity index (χ0) is 17.2. The Morgan fingerprint density at radius 3 is 2.72 bits per heavy atom. The lowest BCUT2D eigenvalue weighted by molar-refractivity contribution is -0.385. The van der Waals surface area contributed by atoms with Crippen LogP contribution in [-0.2, 0) is 6.54 Å². The van der Waals surface area contributed by atoms with Crippen molar-refractivity contribution in [1.82, 2.24) is 9.88 Å². The second kappa shape index (κ2) is 6.53. The number of benzene rings is 2. The van der Waals surface area contributed by atoms with E-state index in [2.05, 4.69) is 40.4 Å². The Labute approximate surface area is 145 Å². The zero-order valence-electron chi connectivity index (χ0n) is 13.8.